The minimum absolute atomic E-state index is 0.285. The van der Waals surface area contributed by atoms with Crippen LogP contribution in [0.25, 0.3) is 0 Å². The number of nitriles is 1. The molecule has 3 rings (SSSR count). The van der Waals surface area contributed by atoms with Crippen LogP contribution in [0.3, 0.4) is 0 Å². The molecular formula is C18H14N4OS2. The SMILES string of the molecule is Cc1csc(Sc2ccc(NC(=O)c3ccc(C#N)c(C)n3)cc2)n1. The van der Waals surface area contributed by atoms with Crippen LogP contribution in [0.4, 0.5) is 5.69 Å². The van der Waals surface area contributed by atoms with Crippen molar-refractivity contribution in [3.8, 4) is 6.07 Å². The Hall–Kier alpha value is -2.69. The number of thiazole rings is 1. The van der Waals surface area contributed by atoms with Crippen molar-refractivity contribution in [3.63, 3.8) is 0 Å². The van der Waals surface area contributed by atoms with E-state index in [1.807, 2.05) is 42.6 Å². The quantitative estimate of drug-likeness (QED) is 0.739. The molecule has 0 aliphatic rings. The van der Waals surface area contributed by atoms with Crippen LogP contribution < -0.4 is 5.32 Å². The first kappa shape index (κ1) is 17.1. The van der Waals surface area contributed by atoms with Gasteiger partial charge in [-0.3, -0.25) is 4.79 Å². The van der Waals surface area contributed by atoms with Gasteiger partial charge in [0.15, 0.2) is 4.34 Å². The molecule has 0 unspecified atom stereocenters. The summed E-state index contributed by atoms with van der Waals surface area (Å²) in [5, 5.41) is 13.7. The molecule has 0 atom stereocenters. The Labute approximate surface area is 153 Å². The zero-order valence-corrected chi connectivity index (χ0v) is 15.2. The number of rotatable bonds is 4. The van der Waals surface area contributed by atoms with Gasteiger partial charge in [0.25, 0.3) is 5.91 Å². The van der Waals surface area contributed by atoms with E-state index in [2.05, 4.69) is 15.3 Å². The molecule has 0 fully saturated rings. The van der Waals surface area contributed by atoms with Gasteiger partial charge in [0.2, 0.25) is 0 Å². The number of aryl methyl sites for hydroxylation is 2. The lowest BCUT2D eigenvalue weighted by molar-refractivity contribution is 0.102. The second kappa shape index (κ2) is 7.47. The second-order valence-corrected chi connectivity index (χ2v) is 7.46. The van der Waals surface area contributed by atoms with Gasteiger partial charge in [0.1, 0.15) is 11.8 Å². The number of benzene rings is 1. The highest BCUT2D eigenvalue weighted by molar-refractivity contribution is 8.01. The van der Waals surface area contributed by atoms with E-state index in [4.69, 9.17) is 5.26 Å². The average Bonchev–Trinajstić information content (AvgIpc) is 3.01. The molecule has 0 bridgehead atoms. The predicted molar refractivity (Wildman–Crippen MR) is 99.1 cm³/mol. The van der Waals surface area contributed by atoms with Crippen molar-refractivity contribution in [2.24, 2.45) is 0 Å². The molecule has 0 aliphatic carbocycles. The summed E-state index contributed by atoms with van der Waals surface area (Å²) in [6.45, 7) is 3.68. The molecule has 1 N–H and O–H groups in total. The number of nitrogens with zero attached hydrogens (tertiary/aromatic N) is 3. The normalized spacial score (nSPS) is 10.3. The summed E-state index contributed by atoms with van der Waals surface area (Å²) in [6, 6.07) is 12.8. The van der Waals surface area contributed by atoms with Gasteiger partial charge < -0.3 is 5.32 Å². The van der Waals surface area contributed by atoms with Gasteiger partial charge in [0.05, 0.1) is 11.3 Å². The summed E-state index contributed by atoms with van der Waals surface area (Å²) >= 11 is 3.20. The number of nitrogens with one attached hydrogen (secondary N) is 1. The first-order valence-corrected chi connectivity index (χ1v) is 9.14. The fourth-order valence-corrected chi connectivity index (χ4v) is 3.90. The number of amides is 1. The van der Waals surface area contributed by atoms with E-state index in [0.29, 0.717) is 16.9 Å². The molecule has 0 radical (unpaired) electrons. The number of carbonyl (C=O) groups excluding carboxylic acids is 1. The van der Waals surface area contributed by atoms with Crippen LogP contribution in [0.5, 0.6) is 0 Å². The van der Waals surface area contributed by atoms with Crippen LogP contribution in [-0.2, 0) is 0 Å². The zero-order chi connectivity index (χ0) is 17.8. The van der Waals surface area contributed by atoms with Crippen LogP contribution in [0.1, 0.15) is 27.4 Å². The van der Waals surface area contributed by atoms with Crippen molar-refractivity contribution in [2.75, 3.05) is 5.32 Å². The van der Waals surface area contributed by atoms with Crippen molar-refractivity contribution >= 4 is 34.7 Å². The summed E-state index contributed by atoms with van der Waals surface area (Å²) in [4.78, 5) is 21.9. The van der Waals surface area contributed by atoms with E-state index >= 15 is 0 Å². The zero-order valence-electron chi connectivity index (χ0n) is 13.6. The molecule has 0 saturated heterocycles. The summed E-state index contributed by atoms with van der Waals surface area (Å²) in [6.07, 6.45) is 0. The molecule has 0 saturated carbocycles. The van der Waals surface area contributed by atoms with Gasteiger partial charge in [-0.15, -0.1) is 11.3 Å². The Bertz CT molecular complexity index is 958. The lowest BCUT2D eigenvalue weighted by atomic mass is 10.2. The Morgan fingerprint density at radius 1 is 1.16 bits per heavy atom. The molecule has 3 aromatic rings. The van der Waals surface area contributed by atoms with Crippen molar-refractivity contribution in [1.29, 1.82) is 5.26 Å². The van der Waals surface area contributed by atoms with E-state index in [9.17, 15) is 4.79 Å². The maximum atomic E-state index is 12.3. The van der Waals surface area contributed by atoms with Crippen LogP contribution >= 0.6 is 23.1 Å². The number of anilines is 1. The number of hydrogen-bond acceptors (Lipinski definition) is 6. The summed E-state index contributed by atoms with van der Waals surface area (Å²) < 4.78 is 0.992. The number of pyridine rings is 1. The van der Waals surface area contributed by atoms with Gasteiger partial charge in [-0.1, -0.05) is 11.8 Å². The first-order valence-electron chi connectivity index (χ1n) is 7.44. The van der Waals surface area contributed by atoms with Crippen molar-refractivity contribution < 1.29 is 4.79 Å². The fourth-order valence-electron chi connectivity index (χ4n) is 2.09. The third-order valence-electron chi connectivity index (χ3n) is 3.35. The van der Waals surface area contributed by atoms with Crippen molar-refractivity contribution in [1.82, 2.24) is 9.97 Å². The van der Waals surface area contributed by atoms with Gasteiger partial charge in [0, 0.05) is 21.7 Å². The van der Waals surface area contributed by atoms with Gasteiger partial charge in [-0.25, -0.2) is 9.97 Å². The van der Waals surface area contributed by atoms with E-state index in [1.165, 1.54) is 0 Å². The molecule has 25 heavy (non-hydrogen) atoms. The Kier molecular flexibility index (Phi) is 5.12. The maximum Gasteiger partial charge on any atom is 0.274 e. The molecule has 7 heteroatoms. The highest BCUT2D eigenvalue weighted by Crippen LogP contribution is 2.30. The molecule has 0 aliphatic heterocycles. The summed E-state index contributed by atoms with van der Waals surface area (Å²) in [5.74, 6) is -0.302. The lowest BCUT2D eigenvalue weighted by Crippen LogP contribution is -2.14. The Morgan fingerprint density at radius 3 is 2.52 bits per heavy atom. The fraction of sp³-hybridized carbons (Fsp3) is 0.111. The molecule has 1 aromatic carbocycles. The second-order valence-electron chi connectivity index (χ2n) is 5.28. The van der Waals surface area contributed by atoms with E-state index in [0.717, 1.165) is 14.9 Å². The molecule has 2 heterocycles. The largest absolute Gasteiger partial charge is 0.321 e. The lowest BCUT2D eigenvalue weighted by Gasteiger charge is -2.06. The van der Waals surface area contributed by atoms with Gasteiger partial charge in [-0.2, -0.15) is 5.26 Å². The first-order chi connectivity index (χ1) is 12.0. The van der Waals surface area contributed by atoms with Crippen LogP contribution in [-0.4, -0.2) is 15.9 Å². The summed E-state index contributed by atoms with van der Waals surface area (Å²) in [7, 11) is 0. The Balaban J connectivity index is 1.67. The topological polar surface area (TPSA) is 78.7 Å². The smallest absolute Gasteiger partial charge is 0.274 e. The molecule has 124 valence electrons. The minimum atomic E-state index is -0.302. The summed E-state index contributed by atoms with van der Waals surface area (Å²) in [5.41, 5.74) is 3.00. The third kappa shape index (κ3) is 4.24. The third-order valence-corrected chi connectivity index (χ3v) is 5.42. The minimum Gasteiger partial charge on any atom is -0.321 e. The molecule has 5 nitrogen and oxygen atoms in total. The number of carbonyl (C=O) groups is 1. The molecular weight excluding hydrogens is 352 g/mol. The van der Waals surface area contributed by atoms with Gasteiger partial charge >= 0.3 is 0 Å². The molecule has 0 spiro atoms. The van der Waals surface area contributed by atoms with E-state index in [-0.39, 0.29) is 11.6 Å². The highest BCUT2D eigenvalue weighted by Gasteiger charge is 2.10. The standard InChI is InChI=1S/C18H14N4OS2/c1-11-10-24-18(20-11)25-15-6-4-14(5-7-15)22-17(23)16-8-3-13(9-19)12(2)21-16/h3-8,10H,1-2H3,(H,22,23). The van der Waals surface area contributed by atoms with Crippen LogP contribution in [0.15, 0.2) is 51.0 Å². The van der Waals surface area contributed by atoms with Crippen LogP contribution in [0.2, 0.25) is 0 Å². The maximum absolute atomic E-state index is 12.3. The monoisotopic (exact) mass is 366 g/mol. The Morgan fingerprint density at radius 2 is 1.92 bits per heavy atom. The number of aromatic nitrogens is 2. The van der Waals surface area contributed by atoms with Crippen molar-refractivity contribution in [2.45, 2.75) is 23.1 Å². The van der Waals surface area contributed by atoms with E-state index in [1.54, 1.807) is 42.2 Å². The van der Waals surface area contributed by atoms with Crippen molar-refractivity contribution in [3.05, 3.63) is 64.4 Å². The van der Waals surface area contributed by atoms with Crippen LogP contribution in [0, 0.1) is 25.2 Å². The number of hydrogen-bond donors (Lipinski definition) is 1. The highest BCUT2D eigenvalue weighted by atomic mass is 32.2. The predicted octanol–water partition coefficient (Wildman–Crippen LogP) is 4.43. The molecule has 1 amide bonds. The average molecular weight is 366 g/mol. The van der Waals surface area contributed by atoms with Gasteiger partial charge in [-0.05, 0) is 50.2 Å². The molecule has 2 aromatic heterocycles. The van der Waals surface area contributed by atoms with E-state index < -0.39 is 0 Å².